The van der Waals surface area contributed by atoms with Crippen molar-refractivity contribution in [3.63, 3.8) is 0 Å². The van der Waals surface area contributed by atoms with E-state index in [-0.39, 0.29) is 18.4 Å². The molecule has 1 N–H and O–H groups in total. The number of anilines is 1. The number of amides is 2. The first kappa shape index (κ1) is 12.1. The van der Waals surface area contributed by atoms with Crippen molar-refractivity contribution in [3.05, 3.63) is 29.8 Å². The summed E-state index contributed by atoms with van der Waals surface area (Å²) in [6.07, 6.45) is 0.581. The second-order valence-corrected chi connectivity index (χ2v) is 4.74. The first-order valence-electron chi connectivity index (χ1n) is 5.35. The molecule has 1 aliphatic rings. The third kappa shape index (κ3) is 2.68. The van der Waals surface area contributed by atoms with Gasteiger partial charge < -0.3 is 5.11 Å². The van der Waals surface area contributed by atoms with Crippen LogP contribution in [0.2, 0.25) is 0 Å². The first-order valence-corrected chi connectivity index (χ1v) is 6.51. The summed E-state index contributed by atoms with van der Waals surface area (Å²) in [6.45, 7) is 0.0948. The zero-order valence-corrected chi connectivity index (χ0v) is 10.1. The number of aliphatic hydroxyl groups excluding tert-OH is 1. The lowest BCUT2D eigenvalue weighted by Crippen LogP contribution is -2.43. The highest BCUT2D eigenvalue weighted by Gasteiger charge is 2.27. The van der Waals surface area contributed by atoms with Crippen LogP contribution in [0.1, 0.15) is 5.56 Å². The predicted molar refractivity (Wildman–Crippen MR) is 67.0 cm³/mol. The summed E-state index contributed by atoms with van der Waals surface area (Å²) in [7, 11) is 0. The molecule has 2 rings (SSSR count). The van der Waals surface area contributed by atoms with E-state index in [9.17, 15) is 9.59 Å². The fraction of sp³-hybridized carbons (Fsp3) is 0.333. The van der Waals surface area contributed by atoms with E-state index in [0.29, 0.717) is 23.6 Å². The fourth-order valence-corrected chi connectivity index (χ4v) is 2.43. The van der Waals surface area contributed by atoms with Gasteiger partial charge in [0.2, 0.25) is 11.8 Å². The number of benzene rings is 1. The van der Waals surface area contributed by atoms with Crippen molar-refractivity contribution in [3.8, 4) is 0 Å². The SMILES string of the molecule is O=C1CSCC(=O)N1c1ccc(CCO)cc1. The number of carbonyl (C=O) groups is 2. The fourth-order valence-electron chi connectivity index (χ4n) is 1.72. The van der Waals surface area contributed by atoms with Crippen LogP contribution >= 0.6 is 11.8 Å². The molecule has 1 fully saturated rings. The molecule has 0 atom stereocenters. The van der Waals surface area contributed by atoms with Gasteiger partial charge in [0.05, 0.1) is 17.2 Å². The summed E-state index contributed by atoms with van der Waals surface area (Å²) in [5.74, 6) is 0.371. The Morgan fingerprint density at radius 1 is 1.12 bits per heavy atom. The van der Waals surface area contributed by atoms with Gasteiger partial charge in [-0.1, -0.05) is 12.1 Å². The maximum absolute atomic E-state index is 11.7. The average molecular weight is 251 g/mol. The van der Waals surface area contributed by atoms with Gasteiger partial charge in [-0.25, -0.2) is 4.90 Å². The van der Waals surface area contributed by atoms with E-state index in [4.69, 9.17) is 5.11 Å². The van der Waals surface area contributed by atoms with Gasteiger partial charge in [0.15, 0.2) is 0 Å². The topological polar surface area (TPSA) is 57.6 Å². The van der Waals surface area contributed by atoms with Crippen molar-refractivity contribution in [1.82, 2.24) is 0 Å². The zero-order valence-electron chi connectivity index (χ0n) is 9.26. The second-order valence-electron chi connectivity index (χ2n) is 3.76. The lowest BCUT2D eigenvalue weighted by atomic mass is 10.1. The number of aliphatic hydroxyl groups is 1. The number of carbonyl (C=O) groups excluding carboxylic acids is 2. The Morgan fingerprint density at radius 2 is 1.71 bits per heavy atom. The van der Waals surface area contributed by atoms with Crippen LogP contribution in [0.4, 0.5) is 5.69 Å². The van der Waals surface area contributed by atoms with E-state index in [2.05, 4.69) is 0 Å². The number of rotatable bonds is 3. The lowest BCUT2D eigenvalue weighted by molar-refractivity contribution is -0.124. The van der Waals surface area contributed by atoms with Crippen LogP contribution in [0, 0.1) is 0 Å². The van der Waals surface area contributed by atoms with Gasteiger partial charge in [0.1, 0.15) is 0 Å². The van der Waals surface area contributed by atoms with Gasteiger partial charge in [-0.05, 0) is 24.1 Å². The van der Waals surface area contributed by atoms with Gasteiger partial charge in [0, 0.05) is 6.61 Å². The maximum Gasteiger partial charge on any atom is 0.243 e. The molecule has 0 aromatic heterocycles. The number of imide groups is 1. The molecule has 1 aromatic rings. The molecule has 1 heterocycles. The molecule has 0 unspecified atom stereocenters. The van der Waals surface area contributed by atoms with Gasteiger partial charge in [-0.3, -0.25) is 9.59 Å². The molecule has 5 heteroatoms. The monoisotopic (exact) mass is 251 g/mol. The molecule has 4 nitrogen and oxygen atoms in total. The highest BCUT2D eigenvalue weighted by atomic mass is 32.2. The molecule has 0 bridgehead atoms. The Kier molecular flexibility index (Phi) is 3.81. The van der Waals surface area contributed by atoms with Gasteiger partial charge in [-0.15, -0.1) is 11.8 Å². The van der Waals surface area contributed by atoms with E-state index >= 15 is 0 Å². The van der Waals surface area contributed by atoms with Crippen LogP contribution in [0.3, 0.4) is 0 Å². The highest BCUT2D eigenvalue weighted by molar-refractivity contribution is 8.00. The van der Waals surface area contributed by atoms with Crippen molar-refractivity contribution >= 4 is 29.3 Å². The zero-order chi connectivity index (χ0) is 12.3. The summed E-state index contributed by atoms with van der Waals surface area (Å²) < 4.78 is 0. The Hall–Kier alpha value is -1.33. The van der Waals surface area contributed by atoms with E-state index in [1.54, 1.807) is 12.1 Å². The largest absolute Gasteiger partial charge is 0.396 e. The van der Waals surface area contributed by atoms with Crippen molar-refractivity contribution in [1.29, 1.82) is 0 Å². The quantitative estimate of drug-likeness (QED) is 0.808. The van der Waals surface area contributed by atoms with Crippen LogP contribution in [-0.2, 0) is 16.0 Å². The van der Waals surface area contributed by atoms with Crippen molar-refractivity contribution in [2.24, 2.45) is 0 Å². The molecule has 0 spiro atoms. The molecule has 1 aliphatic heterocycles. The van der Waals surface area contributed by atoms with Crippen molar-refractivity contribution < 1.29 is 14.7 Å². The van der Waals surface area contributed by atoms with Crippen LogP contribution in [0.5, 0.6) is 0 Å². The Bertz CT molecular complexity index is 414. The molecular weight excluding hydrogens is 238 g/mol. The summed E-state index contributed by atoms with van der Waals surface area (Å²) in [4.78, 5) is 24.6. The lowest BCUT2D eigenvalue weighted by Gasteiger charge is -2.24. The summed E-state index contributed by atoms with van der Waals surface area (Å²) in [5, 5.41) is 8.80. The van der Waals surface area contributed by atoms with Gasteiger partial charge >= 0.3 is 0 Å². The summed E-state index contributed by atoms with van der Waals surface area (Å²) >= 11 is 1.35. The van der Waals surface area contributed by atoms with E-state index in [0.717, 1.165) is 5.56 Å². The molecule has 1 saturated heterocycles. The van der Waals surface area contributed by atoms with E-state index < -0.39 is 0 Å². The standard InChI is InChI=1S/C12H13NO3S/c14-6-5-9-1-3-10(4-2-9)13-11(15)7-17-8-12(13)16/h1-4,14H,5-8H2. The van der Waals surface area contributed by atoms with Crippen LogP contribution < -0.4 is 4.90 Å². The average Bonchev–Trinajstić information content (AvgIpc) is 2.31. The number of hydrogen-bond donors (Lipinski definition) is 1. The Balaban J connectivity index is 2.20. The number of hydrogen-bond acceptors (Lipinski definition) is 4. The molecule has 0 radical (unpaired) electrons. The number of thioether (sulfide) groups is 1. The van der Waals surface area contributed by atoms with Gasteiger partial charge in [0.25, 0.3) is 0 Å². The van der Waals surface area contributed by atoms with E-state index in [1.165, 1.54) is 16.7 Å². The molecule has 2 amide bonds. The minimum atomic E-state index is -0.166. The van der Waals surface area contributed by atoms with Gasteiger partial charge in [-0.2, -0.15) is 0 Å². The second kappa shape index (κ2) is 5.33. The molecular formula is C12H13NO3S. The van der Waals surface area contributed by atoms with Crippen molar-refractivity contribution in [2.75, 3.05) is 23.0 Å². The Morgan fingerprint density at radius 3 is 2.24 bits per heavy atom. The predicted octanol–water partition coefficient (Wildman–Crippen LogP) is 0.828. The normalized spacial score (nSPS) is 16.4. The third-order valence-electron chi connectivity index (χ3n) is 2.54. The van der Waals surface area contributed by atoms with Crippen LogP contribution in [0.15, 0.2) is 24.3 Å². The summed E-state index contributed by atoms with van der Waals surface area (Å²) in [5.41, 5.74) is 1.60. The summed E-state index contributed by atoms with van der Waals surface area (Å²) in [6, 6.07) is 7.15. The first-order chi connectivity index (χ1) is 8.22. The minimum Gasteiger partial charge on any atom is -0.396 e. The Labute approximate surface area is 104 Å². The van der Waals surface area contributed by atoms with Crippen LogP contribution in [-0.4, -0.2) is 35.0 Å². The maximum atomic E-state index is 11.7. The molecule has 1 aromatic carbocycles. The third-order valence-corrected chi connectivity index (χ3v) is 3.45. The minimum absolute atomic E-state index is 0.0948. The highest BCUT2D eigenvalue weighted by Crippen LogP contribution is 2.21. The smallest absolute Gasteiger partial charge is 0.243 e. The van der Waals surface area contributed by atoms with Crippen LogP contribution in [0.25, 0.3) is 0 Å². The molecule has 17 heavy (non-hydrogen) atoms. The van der Waals surface area contributed by atoms with E-state index in [1.807, 2.05) is 12.1 Å². The molecule has 0 saturated carbocycles. The molecule has 90 valence electrons. The van der Waals surface area contributed by atoms with Crippen molar-refractivity contribution in [2.45, 2.75) is 6.42 Å². The number of nitrogens with zero attached hydrogens (tertiary/aromatic N) is 1. The molecule has 0 aliphatic carbocycles.